The zero-order chi connectivity index (χ0) is 7.84. The summed E-state index contributed by atoms with van der Waals surface area (Å²) in [6, 6.07) is 1.76. The molecule has 0 bridgehead atoms. The maximum absolute atomic E-state index is 5.47. The second kappa shape index (κ2) is 1.95. The van der Waals surface area contributed by atoms with Crippen molar-refractivity contribution in [2.24, 2.45) is 7.05 Å². The number of nitrogens with zero attached hydrogens (tertiary/aromatic N) is 3. The zero-order valence-electron chi connectivity index (χ0n) is 6.15. The van der Waals surface area contributed by atoms with E-state index >= 15 is 0 Å². The fourth-order valence-corrected chi connectivity index (χ4v) is 1.06. The van der Waals surface area contributed by atoms with Gasteiger partial charge in [-0.3, -0.25) is 4.68 Å². The first-order chi connectivity index (χ1) is 5.25. The van der Waals surface area contributed by atoms with Crippen LogP contribution in [-0.4, -0.2) is 14.8 Å². The van der Waals surface area contributed by atoms with Crippen LogP contribution >= 0.6 is 0 Å². The molecule has 4 heteroatoms. The standard InChI is InChI=1S/C7H8N4/c1-11-4-5-3-9-7(8)2-6(5)10-11/h2-4H,8H2,1H3. The van der Waals surface area contributed by atoms with E-state index in [1.165, 1.54) is 0 Å². The third kappa shape index (κ3) is 0.920. The van der Waals surface area contributed by atoms with Crippen molar-refractivity contribution in [1.82, 2.24) is 14.8 Å². The summed E-state index contributed by atoms with van der Waals surface area (Å²) in [7, 11) is 1.87. The van der Waals surface area contributed by atoms with E-state index in [-0.39, 0.29) is 0 Å². The molecular formula is C7H8N4. The normalized spacial score (nSPS) is 10.6. The predicted octanol–water partition coefficient (Wildman–Crippen LogP) is 0.550. The summed E-state index contributed by atoms with van der Waals surface area (Å²) < 4.78 is 1.74. The van der Waals surface area contributed by atoms with E-state index in [9.17, 15) is 0 Å². The van der Waals surface area contributed by atoms with Gasteiger partial charge < -0.3 is 5.73 Å². The molecule has 0 unspecified atom stereocenters. The molecule has 2 aromatic heterocycles. The van der Waals surface area contributed by atoms with E-state index in [1.54, 1.807) is 16.9 Å². The molecule has 0 saturated heterocycles. The number of aryl methyl sites for hydroxylation is 1. The van der Waals surface area contributed by atoms with Crippen LogP contribution in [0.2, 0.25) is 0 Å². The van der Waals surface area contributed by atoms with E-state index in [0.29, 0.717) is 5.82 Å². The van der Waals surface area contributed by atoms with Gasteiger partial charge in [-0.1, -0.05) is 0 Å². The van der Waals surface area contributed by atoms with Crippen LogP contribution < -0.4 is 5.73 Å². The lowest BCUT2D eigenvalue weighted by molar-refractivity contribution is 0.780. The number of nitrogens with two attached hydrogens (primary N) is 1. The molecule has 11 heavy (non-hydrogen) atoms. The van der Waals surface area contributed by atoms with Crippen LogP contribution in [-0.2, 0) is 7.05 Å². The quantitative estimate of drug-likeness (QED) is 0.593. The van der Waals surface area contributed by atoms with Crippen LogP contribution in [0.3, 0.4) is 0 Å². The van der Waals surface area contributed by atoms with E-state index in [1.807, 2.05) is 13.2 Å². The number of fused-ring (bicyclic) bond motifs is 1. The number of hydrogen-bond donors (Lipinski definition) is 1. The lowest BCUT2D eigenvalue weighted by atomic mass is 10.3. The molecule has 0 spiro atoms. The van der Waals surface area contributed by atoms with Crippen molar-refractivity contribution >= 4 is 16.7 Å². The predicted molar refractivity (Wildman–Crippen MR) is 42.9 cm³/mol. The van der Waals surface area contributed by atoms with Crippen molar-refractivity contribution in [2.75, 3.05) is 5.73 Å². The Morgan fingerprint density at radius 2 is 2.36 bits per heavy atom. The van der Waals surface area contributed by atoms with E-state index in [2.05, 4.69) is 10.1 Å². The molecule has 0 fully saturated rings. The minimum atomic E-state index is 0.510. The second-order valence-electron chi connectivity index (χ2n) is 2.47. The summed E-state index contributed by atoms with van der Waals surface area (Å²) in [5.74, 6) is 0.510. The van der Waals surface area contributed by atoms with Crippen molar-refractivity contribution in [1.29, 1.82) is 0 Å². The first-order valence-corrected chi connectivity index (χ1v) is 3.30. The van der Waals surface area contributed by atoms with Crippen LogP contribution in [0.15, 0.2) is 18.5 Å². The Kier molecular flexibility index (Phi) is 1.09. The maximum atomic E-state index is 5.47. The van der Waals surface area contributed by atoms with Crippen LogP contribution in [0.5, 0.6) is 0 Å². The van der Waals surface area contributed by atoms with E-state index < -0.39 is 0 Å². The molecule has 0 radical (unpaired) electrons. The van der Waals surface area contributed by atoms with Gasteiger partial charge in [-0.05, 0) is 0 Å². The SMILES string of the molecule is Cn1cc2cnc(N)cc2n1. The molecular weight excluding hydrogens is 140 g/mol. The highest BCUT2D eigenvalue weighted by Gasteiger charge is 1.97. The van der Waals surface area contributed by atoms with Gasteiger partial charge in [0.15, 0.2) is 0 Å². The smallest absolute Gasteiger partial charge is 0.125 e. The fraction of sp³-hybridized carbons (Fsp3) is 0.143. The molecule has 0 aliphatic carbocycles. The van der Waals surface area contributed by atoms with Crippen LogP contribution in [0.4, 0.5) is 5.82 Å². The van der Waals surface area contributed by atoms with Crippen molar-refractivity contribution in [2.45, 2.75) is 0 Å². The first-order valence-electron chi connectivity index (χ1n) is 3.30. The van der Waals surface area contributed by atoms with Gasteiger partial charge in [0, 0.05) is 30.9 Å². The zero-order valence-corrected chi connectivity index (χ0v) is 6.15. The molecule has 56 valence electrons. The Labute approximate surface area is 63.6 Å². The van der Waals surface area contributed by atoms with E-state index in [4.69, 9.17) is 5.73 Å². The molecule has 2 aromatic rings. The molecule has 4 nitrogen and oxygen atoms in total. The van der Waals surface area contributed by atoms with Gasteiger partial charge in [-0.25, -0.2) is 4.98 Å². The monoisotopic (exact) mass is 148 g/mol. The molecule has 0 atom stereocenters. The largest absolute Gasteiger partial charge is 0.384 e. The Bertz CT molecular complexity index is 390. The average Bonchev–Trinajstić information content (AvgIpc) is 2.27. The summed E-state index contributed by atoms with van der Waals surface area (Å²) in [6.07, 6.45) is 3.62. The maximum Gasteiger partial charge on any atom is 0.125 e. The lowest BCUT2D eigenvalue weighted by Crippen LogP contribution is -1.88. The third-order valence-electron chi connectivity index (χ3n) is 1.52. The van der Waals surface area contributed by atoms with Crippen LogP contribution in [0, 0.1) is 0 Å². The van der Waals surface area contributed by atoms with Crippen molar-refractivity contribution in [3.63, 3.8) is 0 Å². The van der Waals surface area contributed by atoms with Gasteiger partial charge in [-0.2, -0.15) is 5.10 Å². The Morgan fingerprint density at radius 3 is 3.18 bits per heavy atom. The number of anilines is 1. The van der Waals surface area contributed by atoms with Crippen molar-refractivity contribution in [3.05, 3.63) is 18.5 Å². The molecule has 2 rings (SSSR count). The number of pyridine rings is 1. The highest BCUT2D eigenvalue weighted by molar-refractivity contribution is 5.78. The van der Waals surface area contributed by atoms with Crippen molar-refractivity contribution < 1.29 is 0 Å². The number of hydrogen-bond acceptors (Lipinski definition) is 3. The van der Waals surface area contributed by atoms with E-state index in [0.717, 1.165) is 10.9 Å². The Morgan fingerprint density at radius 1 is 1.55 bits per heavy atom. The van der Waals surface area contributed by atoms with Gasteiger partial charge in [0.1, 0.15) is 5.82 Å². The highest BCUT2D eigenvalue weighted by Crippen LogP contribution is 2.11. The Hall–Kier alpha value is -1.58. The topological polar surface area (TPSA) is 56.7 Å². The van der Waals surface area contributed by atoms with Gasteiger partial charge in [0.05, 0.1) is 5.52 Å². The number of aromatic nitrogens is 3. The van der Waals surface area contributed by atoms with Crippen molar-refractivity contribution in [3.8, 4) is 0 Å². The minimum Gasteiger partial charge on any atom is -0.384 e. The molecule has 0 aliphatic rings. The molecule has 2 N–H and O–H groups in total. The highest BCUT2D eigenvalue weighted by atomic mass is 15.2. The summed E-state index contributed by atoms with van der Waals surface area (Å²) in [4.78, 5) is 3.95. The van der Waals surface area contributed by atoms with Gasteiger partial charge in [0.2, 0.25) is 0 Å². The number of nitrogen functional groups attached to an aromatic ring is 1. The van der Waals surface area contributed by atoms with Gasteiger partial charge in [0.25, 0.3) is 0 Å². The summed E-state index contributed by atoms with van der Waals surface area (Å²) in [5, 5.41) is 5.19. The summed E-state index contributed by atoms with van der Waals surface area (Å²) in [6.45, 7) is 0. The fourth-order valence-electron chi connectivity index (χ4n) is 1.06. The number of rotatable bonds is 0. The molecule has 0 aliphatic heterocycles. The Balaban J connectivity index is 2.82. The average molecular weight is 148 g/mol. The minimum absolute atomic E-state index is 0.510. The first kappa shape index (κ1) is 6.15. The molecule has 2 heterocycles. The summed E-state index contributed by atoms with van der Waals surface area (Å²) in [5.41, 5.74) is 6.36. The third-order valence-corrected chi connectivity index (χ3v) is 1.52. The molecule has 0 amide bonds. The summed E-state index contributed by atoms with van der Waals surface area (Å²) >= 11 is 0. The van der Waals surface area contributed by atoms with Crippen LogP contribution in [0.1, 0.15) is 0 Å². The second-order valence-corrected chi connectivity index (χ2v) is 2.47. The van der Waals surface area contributed by atoms with Gasteiger partial charge >= 0.3 is 0 Å². The molecule has 0 saturated carbocycles. The van der Waals surface area contributed by atoms with Crippen LogP contribution in [0.25, 0.3) is 10.9 Å². The lowest BCUT2D eigenvalue weighted by Gasteiger charge is -1.88. The molecule has 0 aromatic carbocycles. The van der Waals surface area contributed by atoms with Gasteiger partial charge in [-0.15, -0.1) is 0 Å².